The molecule has 1 aromatic carbocycles. The minimum atomic E-state index is -0.609. The van der Waals surface area contributed by atoms with Crippen molar-refractivity contribution in [2.45, 2.75) is 91.0 Å². The molecule has 3 heterocycles. The fourth-order valence-electron chi connectivity index (χ4n) is 5.80. The molecule has 228 valence electrons. The van der Waals surface area contributed by atoms with Gasteiger partial charge in [-0.15, -0.1) is 5.10 Å². The van der Waals surface area contributed by atoms with Crippen LogP contribution in [0.15, 0.2) is 47.4 Å². The van der Waals surface area contributed by atoms with Gasteiger partial charge in [-0.2, -0.15) is 10.2 Å². The van der Waals surface area contributed by atoms with Crippen molar-refractivity contribution >= 4 is 17.7 Å². The van der Waals surface area contributed by atoms with Crippen LogP contribution in [0.3, 0.4) is 0 Å². The molecule has 0 radical (unpaired) electrons. The first-order valence-electron chi connectivity index (χ1n) is 14.7. The van der Waals surface area contributed by atoms with Gasteiger partial charge in [0.15, 0.2) is 0 Å². The van der Waals surface area contributed by atoms with Crippen LogP contribution in [-0.4, -0.2) is 46.7 Å². The number of nitrogens with zero attached hydrogens (tertiary/aromatic N) is 6. The van der Waals surface area contributed by atoms with Crippen molar-refractivity contribution in [3.05, 3.63) is 80.5 Å². The van der Waals surface area contributed by atoms with Crippen LogP contribution in [-0.2, 0) is 17.7 Å². The zero-order chi connectivity index (χ0) is 30.7. The second-order valence-electron chi connectivity index (χ2n) is 12.3. The van der Waals surface area contributed by atoms with E-state index in [-0.39, 0.29) is 23.6 Å². The quantitative estimate of drug-likeness (QED) is 0.261. The number of ether oxygens (including phenoxy) is 1. The third kappa shape index (κ3) is 7.51. The van der Waals surface area contributed by atoms with E-state index in [9.17, 15) is 9.59 Å². The monoisotopic (exact) mass is 606 g/mol. The summed E-state index contributed by atoms with van der Waals surface area (Å²) in [5, 5.41) is 24.3. The van der Waals surface area contributed by atoms with Crippen molar-refractivity contribution in [3.8, 4) is 11.4 Å². The normalized spacial score (nSPS) is 17.9. The van der Waals surface area contributed by atoms with Crippen molar-refractivity contribution in [1.29, 1.82) is 0 Å². The van der Waals surface area contributed by atoms with Crippen LogP contribution in [0.5, 0.6) is 0 Å². The number of carbonyl (C=O) groups is 1. The average Bonchev–Trinajstić information content (AvgIpc) is 3.56. The van der Waals surface area contributed by atoms with E-state index in [0.29, 0.717) is 23.0 Å². The number of nitrogens with one attached hydrogen (secondary N) is 2. The molecule has 0 spiro atoms. The van der Waals surface area contributed by atoms with E-state index in [1.165, 1.54) is 5.56 Å². The number of aromatic amines is 1. The summed E-state index contributed by atoms with van der Waals surface area (Å²) >= 11 is 6.31. The maximum atomic E-state index is 12.9. The molecule has 1 atom stereocenters. The largest absolute Gasteiger partial charge is 0.444 e. The van der Waals surface area contributed by atoms with E-state index in [4.69, 9.17) is 21.4 Å². The number of rotatable bonds is 8. The Hall–Kier alpha value is -3.99. The lowest BCUT2D eigenvalue weighted by atomic mass is 9.79. The molecule has 0 saturated heterocycles. The Morgan fingerprint density at radius 2 is 1.91 bits per heavy atom. The van der Waals surface area contributed by atoms with Gasteiger partial charge in [0.1, 0.15) is 17.0 Å². The summed E-state index contributed by atoms with van der Waals surface area (Å²) in [6, 6.07) is 10.5. The number of H-pyrrole nitrogens is 1. The zero-order valence-corrected chi connectivity index (χ0v) is 26.1. The fraction of sp³-hybridized carbons (Fsp3) is 0.484. The Morgan fingerprint density at radius 1 is 1.14 bits per heavy atom. The van der Waals surface area contributed by atoms with E-state index >= 15 is 0 Å². The Morgan fingerprint density at radius 3 is 2.58 bits per heavy atom. The van der Waals surface area contributed by atoms with Crippen molar-refractivity contribution < 1.29 is 9.53 Å². The molecule has 1 aliphatic carbocycles. The highest BCUT2D eigenvalue weighted by Gasteiger charge is 2.32. The van der Waals surface area contributed by atoms with Crippen molar-refractivity contribution in [2.24, 2.45) is 5.92 Å². The molecule has 43 heavy (non-hydrogen) atoms. The molecular formula is C31H39ClN8O3. The predicted octanol–water partition coefficient (Wildman–Crippen LogP) is 5.74. The number of hydrogen-bond acceptors (Lipinski definition) is 7. The highest BCUT2D eigenvalue weighted by atomic mass is 35.5. The molecule has 1 unspecified atom stereocenters. The van der Waals surface area contributed by atoms with Gasteiger partial charge in [-0.1, -0.05) is 28.9 Å². The molecule has 1 amide bonds. The molecule has 5 rings (SSSR count). The number of amides is 1. The molecule has 12 heteroatoms. The lowest BCUT2D eigenvalue weighted by Crippen LogP contribution is -2.39. The Kier molecular flexibility index (Phi) is 9.00. The summed E-state index contributed by atoms with van der Waals surface area (Å²) in [4.78, 5) is 25.7. The summed E-state index contributed by atoms with van der Waals surface area (Å²) in [5.41, 5.74) is 4.61. The van der Waals surface area contributed by atoms with Crippen LogP contribution < -0.4 is 10.9 Å². The zero-order valence-electron chi connectivity index (χ0n) is 25.3. The highest BCUT2D eigenvalue weighted by Crippen LogP contribution is 2.39. The highest BCUT2D eigenvalue weighted by molar-refractivity contribution is 6.30. The molecule has 1 aliphatic rings. The molecule has 0 bridgehead atoms. The van der Waals surface area contributed by atoms with Crippen molar-refractivity contribution in [1.82, 2.24) is 40.3 Å². The third-order valence-corrected chi connectivity index (χ3v) is 8.17. The van der Waals surface area contributed by atoms with E-state index in [1.54, 1.807) is 21.5 Å². The number of aromatic nitrogens is 7. The van der Waals surface area contributed by atoms with Gasteiger partial charge in [0.05, 0.1) is 24.0 Å². The number of benzene rings is 1. The first kappa shape index (κ1) is 30.5. The Balaban J connectivity index is 1.28. The van der Waals surface area contributed by atoms with Gasteiger partial charge in [0, 0.05) is 23.3 Å². The van der Waals surface area contributed by atoms with Gasteiger partial charge in [-0.05, 0) is 102 Å². The first-order chi connectivity index (χ1) is 20.5. The number of alkyl carbamates (subject to hydrolysis) is 1. The maximum absolute atomic E-state index is 12.9. The Labute approximate surface area is 256 Å². The smallest absolute Gasteiger partial charge is 0.408 e. The van der Waals surface area contributed by atoms with Crippen LogP contribution in [0.25, 0.3) is 11.4 Å². The van der Waals surface area contributed by atoms with E-state index < -0.39 is 11.7 Å². The summed E-state index contributed by atoms with van der Waals surface area (Å²) in [7, 11) is 0. The van der Waals surface area contributed by atoms with Crippen LogP contribution >= 0.6 is 11.6 Å². The second-order valence-corrected chi connectivity index (χ2v) is 12.7. The Bertz CT molecular complexity index is 1610. The number of hydrogen-bond donors (Lipinski definition) is 2. The number of aryl methyl sites for hydroxylation is 3. The lowest BCUT2D eigenvalue weighted by Gasteiger charge is -2.35. The van der Waals surface area contributed by atoms with Crippen LogP contribution in [0, 0.1) is 19.8 Å². The number of halogens is 1. The van der Waals surface area contributed by atoms with Crippen LogP contribution in [0.2, 0.25) is 5.02 Å². The minimum absolute atomic E-state index is 0.0627. The fourth-order valence-corrected chi connectivity index (χ4v) is 6.00. The third-order valence-electron chi connectivity index (χ3n) is 7.94. The predicted molar refractivity (Wildman–Crippen MR) is 164 cm³/mol. The topological polar surface area (TPSA) is 133 Å². The van der Waals surface area contributed by atoms with Crippen LogP contribution in [0.4, 0.5) is 4.79 Å². The molecule has 1 saturated carbocycles. The van der Waals surface area contributed by atoms with Crippen molar-refractivity contribution in [2.75, 3.05) is 0 Å². The molecule has 4 aromatic rings. The molecule has 3 aromatic heterocycles. The van der Waals surface area contributed by atoms with Gasteiger partial charge >= 0.3 is 6.09 Å². The van der Waals surface area contributed by atoms with E-state index in [0.717, 1.165) is 49.1 Å². The molecule has 1 fully saturated rings. The van der Waals surface area contributed by atoms with Crippen molar-refractivity contribution in [3.63, 3.8) is 0 Å². The van der Waals surface area contributed by atoms with E-state index in [1.807, 2.05) is 65.1 Å². The summed E-state index contributed by atoms with van der Waals surface area (Å²) in [6.07, 6.45) is 5.24. The number of carbonyl (C=O) groups excluding carboxylic acids is 1. The van der Waals surface area contributed by atoms with Gasteiger partial charge in [-0.3, -0.25) is 14.6 Å². The lowest BCUT2D eigenvalue weighted by molar-refractivity contribution is 0.0471. The minimum Gasteiger partial charge on any atom is -0.444 e. The van der Waals surface area contributed by atoms with Crippen LogP contribution in [0.1, 0.15) is 81.1 Å². The van der Waals surface area contributed by atoms with Gasteiger partial charge < -0.3 is 10.1 Å². The standard InChI is InChI=1S/C31H39ClN8O3/c1-19-25(20(2)35-34-19)15-16-39-18-27(36-38-39)26-13-14-28(41)40(37-26)24-11-9-21(10-12-24)29(22-7-6-8-23(32)17-22)33-30(42)43-31(3,4)5/h6-8,13-14,17-18,21,24,29H,9-12,15-16H2,1-5H3,(H,33,42)(H,34,35). The van der Waals surface area contributed by atoms with Gasteiger partial charge in [0.25, 0.3) is 5.56 Å². The van der Waals surface area contributed by atoms with Gasteiger partial charge in [0.2, 0.25) is 0 Å². The second kappa shape index (κ2) is 12.7. The van der Waals surface area contributed by atoms with Gasteiger partial charge in [-0.25, -0.2) is 9.48 Å². The average molecular weight is 607 g/mol. The summed E-state index contributed by atoms with van der Waals surface area (Å²) < 4.78 is 8.93. The molecule has 2 N–H and O–H groups in total. The molecule has 11 nitrogen and oxygen atoms in total. The SMILES string of the molecule is Cc1n[nH]c(C)c1CCn1cc(-c2ccc(=O)n(C3CCC(C(NC(=O)OC(C)(C)C)c4cccc(Cl)c4)CC3)n2)nn1. The molecule has 0 aliphatic heterocycles. The summed E-state index contributed by atoms with van der Waals surface area (Å²) in [6.45, 7) is 10.2. The first-order valence-corrected chi connectivity index (χ1v) is 15.1. The molecular weight excluding hydrogens is 568 g/mol. The maximum Gasteiger partial charge on any atom is 0.408 e. The van der Waals surface area contributed by atoms with E-state index in [2.05, 4.69) is 25.8 Å². The summed E-state index contributed by atoms with van der Waals surface area (Å²) in [5.74, 6) is 0.142.